The van der Waals surface area contributed by atoms with Crippen molar-refractivity contribution in [2.75, 3.05) is 6.54 Å². The first-order valence-electron chi connectivity index (χ1n) is 5.97. The number of hydrogen-bond acceptors (Lipinski definition) is 4. The summed E-state index contributed by atoms with van der Waals surface area (Å²) in [6, 6.07) is 6.85. The summed E-state index contributed by atoms with van der Waals surface area (Å²) in [5, 5.41) is 15.4. The SMILES string of the molecule is NN=Cc1ccc(C(C(=O)O)C2CCNC2=O)cc1. The third kappa shape index (κ3) is 2.73. The predicted octanol–water partition coefficient (Wildman–Crippen LogP) is 0.284. The van der Waals surface area contributed by atoms with Crippen LogP contribution >= 0.6 is 0 Å². The molecule has 0 aromatic heterocycles. The second-order valence-corrected chi connectivity index (χ2v) is 4.45. The molecule has 0 spiro atoms. The number of rotatable bonds is 4. The molecule has 1 amide bonds. The molecule has 0 bridgehead atoms. The Kier molecular flexibility index (Phi) is 3.79. The van der Waals surface area contributed by atoms with Gasteiger partial charge in [0.1, 0.15) is 0 Å². The summed E-state index contributed by atoms with van der Waals surface area (Å²) in [7, 11) is 0. The molecule has 1 aliphatic rings. The molecule has 6 heteroatoms. The van der Waals surface area contributed by atoms with Gasteiger partial charge in [0.15, 0.2) is 0 Å². The predicted molar refractivity (Wildman–Crippen MR) is 69.7 cm³/mol. The first-order valence-corrected chi connectivity index (χ1v) is 5.97. The van der Waals surface area contributed by atoms with Crippen molar-refractivity contribution in [3.8, 4) is 0 Å². The van der Waals surface area contributed by atoms with E-state index in [4.69, 9.17) is 5.84 Å². The lowest BCUT2D eigenvalue weighted by Gasteiger charge is -2.17. The fraction of sp³-hybridized carbons (Fsp3) is 0.308. The molecule has 2 atom stereocenters. The average molecular weight is 261 g/mol. The Hall–Kier alpha value is -2.37. The summed E-state index contributed by atoms with van der Waals surface area (Å²) in [4.78, 5) is 23.1. The molecule has 2 unspecified atom stereocenters. The molecular formula is C13H15N3O3. The van der Waals surface area contributed by atoms with Crippen molar-refractivity contribution >= 4 is 18.1 Å². The fourth-order valence-electron chi connectivity index (χ4n) is 2.35. The van der Waals surface area contributed by atoms with E-state index >= 15 is 0 Å². The maximum Gasteiger partial charge on any atom is 0.311 e. The van der Waals surface area contributed by atoms with Crippen LogP contribution in [0.25, 0.3) is 0 Å². The largest absolute Gasteiger partial charge is 0.481 e. The number of nitrogens with zero attached hydrogens (tertiary/aromatic N) is 1. The van der Waals surface area contributed by atoms with Crippen LogP contribution < -0.4 is 11.2 Å². The molecular weight excluding hydrogens is 246 g/mol. The van der Waals surface area contributed by atoms with Gasteiger partial charge in [-0.15, -0.1) is 0 Å². The van der Waals surface area contributed by atoms with Gasteiger partial charge in [0.05, 0.1) is 18.1 Å². The topological polar surface area (TPSA) is 105 Å². The number of carbonyl (C=O) groups excluding carboxylic acids is 1. The first-order chi connectivity index (χ1) is 9.13. The summed E-state index contributed by atoms with van der Waals surface area (Å²) in [5.41, 5.74) is 1.40. The summed E-state index contributed by atoms with van der Waals surface area (Å²) < 4.78 is 0. The van der Waals surface area contributed by atoms with Crippen LogP contribution in [0.4, 0.5) is 0 Å². The minimum atomic E-state index is -0.984. The molecule has 0 radical (unpaired) electrons. The zero-order valence-corrected chi connectivity index (χ0v) is 10.2. The monoisotopic (exact) mass is 261 g/mol. The van der Waals surface area contributed by atoms with E-state index < -0.39 is 17.8 Å². The van der Waals surface area contributed by atoms with Crippen LogP contribution in [0.5, 0.6) is 0 Å². The van der Waals surface area contributed by atoms with Crippen LogP contribution in [-0.2, 0) is 9.59 Å². The van der Waals surface area contributed by atoms with Gasteiger partial charge < -0.3 is 16.3 Å². The molecule has 2 rings (SSSR count). The second kappa shape index (κ2) is 5.51. The molecule has 1 aliphatic heterocycles. The number of amides is 1. The molecule has 6 nitrogen and oxygen atoms in total. The van der Waals surface area contributed by atoms with Crippen molar-refractivity contribution in [1.29, 1.82) is 0 Å². The molecule has 1 saturated heterocycles. The lowest BCUT2D eigenvalue weighted by Crippen LogP contribution is -2.28. The van der Waals surface area contributed by atoms with Gasteiger partial charge in [-0.05, 0) is 17.5 Å². The zero-order chi connectivity index (χ0) is 13.8. The van der Waals surface area contributed by atoms with E-state index in [1.54, 1.807) is 24.3 Å². The molecule has 4 N–H and O–H groups in total. The summed E-state index contributed by atoms with van der Waals surface area (Å²) in [5.74, 6) is 2.55. The normalized spacial score (nSPS) is 20.4. The smallest absolute Gasteiger partial charge is 0.311 e. The van der Waals surface area contributed by atoms with Gasteiger partial charge in [-0.2, -0.15) is 5.10 Å². The van der Waals surface area contributed by atoms with E-state index in [1.165, 1.54) is 6.21 Å². The van der Waals surface area contributed by atoms with Crippen molar-refractivity contribution in [2.24, 2.45) is 16.9 Å². The highest BCUT2D eigenvalue weighted by atomic mass is 16.4. The van der Waals surface area contributed by atoms with Crippen molar-refractivity contribution in [1.82, 2.24) is 5.32 Å². The van der Waals surface area contributed by atoms with E-state index in [2.05, 4.69) is 10.4 Å². The summed E-state index contributed by atoms with van der Waals surface area (Å²) in [6.07, 6.45) is 2.02. The second-order valence-electron chi connectivity index (χ2n) is 4.45. The molecule has 1 heterocycles. The Morgan fingerprint density at radius 1 is 1.47 bits per heavy atom. The van der Waals surface area contributed by atoms with E-state index in [0.29, 0.717) is 18.5 Å². The highest BCUT2D eigenvalue weighted by molar-refractivity contribution is 5.89. The maximum atomic E-state index is 11.7. The molecule has 1 aromatic rings. The molecule has 19 heavy (non-hydrogen) atoms. The maximum absolute atomic E-state index is 11.7. The van der Waals surface area contributed by atoms with Crippen LogP contribution in [0.3, 0.4) is 0 Å². The summed E-state index contributed by atoms with van der Waals surface area (Å²) >= 11 is 0. The van der Waals surface area contributed by atoms with Gasteiger partial charge in [0.25, 0.3) is 0 Å². The fourth-order valence-corrected chi connectivity index (χ4v) is 2.35. The molecule has 1 fully saturated rings. The zero-order valence-electron chi connectivity index (χ0n) is 10.2. The van der Waals surface area contributed by atoms with Crippen LogP contribution in [-0.4, -0.2) is 29.7 Å². The standard InChI is InChI=1S/C13H15N3O3/c14-16-7-8-1-3-9(4-2-8)11(13(18)19)10-5-6-15-12(10)17/h1-4,7,10-11H,5-6,14H2,(H,15,17)(H,18,19). The molecule has 0 saturated carbocycles. The van der Waals surface area contributed by atoms with Gasteiger partial charge >= 0.3 is 5.97 Å². The number of hydrogen-bond donors (Lipinski definition) is 3. The molecule has 1 aromatic carbocycles. The van der Waals surface area contributed by atoms with Crippen molar-refractivity contribution < 1.29 is 14.7 Å². The highest BCUT2D eigenvalue weighted by Gasteiger charge is 2.37. The number of carboxylic acid groups (broad SMARTS) is 1. The lowest BCUT2D eigenvalue weighted by molar-refractivity contribution is -0.142. The number of benzene rings is 1. The van der Waals surface area contributed by atoms with E-state index in [0.717, 1.165) is 5.56 Å². The Labute approximate surface area is 110 Å². The van der Waals surface area contributed by atoms with Crippen LogP contribution in [0.15, 0.2) is 29.4 Å². The average Bonchev–Trinajstić information content (AvgIpc) is 2.78. The molecule has 100 valence electrons. The Balaban J connectivity index is 2.28. The van der Waals surface area contributed by atoms with Crippen LogP contribution in [0.1, 0.15) is 23.5 Å². The lowest BCUT2D eigenvalue weighted by atomic mass is 9.85. The van der Waals surface area contributed by atoms with Gasteiger partial charge in [-0.3, -0.25) is 9.59 Å². The number of nitrogens with one attached hydrogen (secondary N) is 1. The van der Waals surface area contributed by atoms with Crippen LogP contribution in [0.2, 0.25) is 0 Å². The third-order valence-electron chi connectivity index (χ3n) is 3.28. The number of carbonyl (C=O) groups is 2. The van der Waals surface area contributed by atoms with Gasteiger partial charge in [-0.1, -0.05) is 24.3 Å². The first kappa shape index (κ1) is 13.1. The minimum absolute atomic E-state index is 0.194. The number of hydrazone groups is 1. The van der Waals surface area contributed by atoms with Crippen molar-refractivity contribution in [3.05, 3.63) is 35.4 Å². The van der Waals surface area contributed by atoms with Crippen LogP contribution in [0, 0.1) is 5.92 Å². The van der Waals surface area contributed by atoms with Gasteiger partial charge in [0.2, 0.25) is 5.91 Å². The van der Waals surface area contributed by atoms with E-state index in [9.17, 15) is 14.7 Å². The Morgan fingerprint density at radius 2 is 2.16 bits per heavy atom. The van der Waals surface area contributed by atoms with Gasteiger partial charge in [0, 0.05) is 6.54 Å². The van der Waals surface area contributed by atoms with Crippen molar-refractivity contribution in [3.63, 3.8) is 0 Å². The Morgan fingerprint density at radius 3 is 2.63 bits per heavy atom. The van der Waals surface area contributed by atoms with E-state index in [-0.39, 0.29) is 5.91 Å². The number of aliphatic carboxylic acids is 1. The minimum Gasteiger partial charge on any atom is -0.481 e. The third-order valence-corrected chi connectivity index (χ3v) is 3.28. The number of carboxylic acids is 1. The quantitative estimate of drug-likeness (QED) is 0.411. The summed E-state index contributed by atoms with van der Waals surface area (Å²) in [6.45, 7) is 0.533. The molecule has 0 aliphatic carbocycles. The number of nitrogens with two attached hydrogens (primary N) is 1. The van der Waals surface area contributed by atoms with E-state index in [1.807, 2.05) is 0 Å². The van der Waals surface area contributed by atoms with Crippen molar-refractivity contribution in [2.45, 2.75) is 12.3 Å². The Bertz CT molecular complexity index is 510. The highest BCUT2D eigenvalue weighted by Crippen LogP contribution is 2.30. The van der Waals surface area contributed by atoms with Gasteiger partial charge in [-0.25, -0.2) is 0 Å².